The molecule has 0 amide bonds. The van der Waals surface area contributed by atoms with Crippen molar-refractivity contribution in [2.75, 3.05) is 18.3 Å². The summed E-state index contributed by atoms with van der Waals surface area (Å²) in [6.07, 6.45) is 0. The molecule has 0 bridgehead atoms. The first-order chi connectivity index (χ1) is 10.4. The van der Waals surface area contributed by atoms with Gasteiger partial charge < -0.3 is 17.8 Å². The largest absolute Gasteiger partial charge is 0.460 e. The normalized spacial score (nSPS) is 11.2. The molecule has 0 radical (unpaired) electrons. The Kier molecular flexibility index (Phi) is 7.75. The van der Waals surface area contributed by atoms with Crippen molar-refractivity contribution in [3.63, 3.8) is 0 Å². The first-order valence-electron chi connectivity index (χ1n) is 6.00. The van der Waals surface area contributed by atoms with Crippen LogP contribution in [-0.2, 0) is 47.7 Å². The molecule has 0 saturated heterocycles. The van der Waals surface area contributed by atoms with Crippen LogP contribution in [0, 0.1) is 0 Å². The van der Waals surface area contributed by atoms with Crippen LogP contribution in [0.2, 0.25) is 0 Å². The molecular formula is C11H16O10S2. The van der Waals surface area contributed by atoms with Crippen LogP contribution in [0.5, 0.6) is 0 Å². The van der Waals surface area contributed by atoms with Gasteiger partial charge in [0.2, 0.25) is 16.6 Å². The van der Waals surface area contributed by atoms with Crippen LogP contribution in [0.15, 0.2) is 24.7 Å². The first kappa shape index (κ1) is 20.9. The van der Waals surface area contributed by atoms with Crippen molar-refractivity contribution < 1.29 is 44.3 Å². The summed E-state index contributed by atoms with van der Waals surface area (Å²) in [5.41, 5.74) is 0. The van der Waals surface area contributed by atoms with E-state index in [0.29, 0.717) is 0 Å². The molecule has 10 nitrogen and oxygen atoms in total. The molecule has 0 aliphatic rings. The van der Waals surface area contributed by atoms with E-state index in [0.717, 1.165) is 0 Å². The smallest absolute Gasteiger partial charge is 0.374 e. The van der Waals surface area contributed by atoms with E-state index in [1.165, 1.54) is 13.8 Å². The van der Waals surface area contributed by atoms with Gasteiger partial charge in [0.05, 0.1) is 13.2 Å². The van der Waals surface area contributed by atoms with Crippen molar-refractivity contribution in [2.45, 2.75) is 13.8 Å². The quantitative estimate of drug-likeness (QED) is 0.219. The number of carbonyl (C=O) groups is 2. The molecule has 132 valence electrons. The molecule has 0 rings (SSSR count). The van der Waals surface area contributed by atoms with E-state index in [-0.39, 0.29) is 13.2 Å². The number of ether oxygens (including phenoxy) is 2. The van der Waals surface area contributed by atoms with Crippen LogP contribution in [0.4, 0.5) is 0 Å². The Morgan fingerprint density at radius 2 is 1.09 bits per heavy atom. The first-order valence-corrected chi connectivity index (χ1v) is 9.16. The maximum atomic E-state index is 11.5. The molecule has 0 aromatic heterocycles. The summed E-state index contributed by atoms with van der Waals surface area (Å²) in [4.78, 5) is 22.3. The van der Waals surface area contributed by atoms with Crippen molar-refractivity contribution in [2.24, 2.45) is 0 Å². The van der Waals surface area contributed by atoms with Gasteiger partial charge in [-0.2, -0.15) is 16.8 Å². The predicted octanol–water partition coefficient (Wildman–Crippen LogP) is -0.210. The highest BCUT2D eigenvalue weighted by atomic mass is 32.3. The van der Waals surface area contributed by atoms with E-state index in [9.17, 15) is 26.4 Å². The van der Waals surface area contributed by atoms with Crippen LogP contribution in [-0.4, -0.2) is 47.1 Å². The third-order valence-electron chi connectivity index (χ3n) is 1.75. The van der Waals surface area contributed by atoms with Crippen LogP contribution in [0.1, 0.15) is 13.8 Å². The summed E-state index contributed by atoms with van der Waals surface area (Å²) in [5.74, 6) is -4.20. The monoisotopic (exact) mass is 372 g/mol. The van der Waals surface area contributed by atoms with Gasteiger partial charge in [0, 0.05) is 0 Å². The van der Waals surface area contributed by atoms with E-state index in [1.54, 1.807) is 0 Å². The fourth-order valence-electron chi connectivity index (χ4n) is 1.02. The van der Waals surface area contributed by atoms with Crippen LogP contribution >= 0.6 is 0 Å². The third kappa shape index (κ3) is 8.21. The van der Waals surface area contributed by atoms with Crippen molar-refractivity contribution in [1.82, 2.24) is 0 Å². The molecule has 0 atom stereocenters. The highest BCUT2D eigenvalue weighted by Crippen LogP contribution is 2.12. The van der Waals surface area contributed by atoms with Crippen molar-refractivity contribution in [1.29, 1.82) is 0 Å². The Labute approximate surface area is 133 Å². The summed E-state index contributed by atoms with van der Waals surface area (Å²) < 4.78 is 63.4. The molecule has 0 spiro atoms. The molecule has 0 aliphatic heterocycles. The van der Waals surface area contributed by atoms with Gasteiger partial charge in [-0.05, 0) is 27.0 Å². The SMILES string of the molecule is C=C(OS(=O)(=O)CS(=O)(=O)OC(=C)C(=O)OCC)C(=O)OCC. The minimum Gasteiger partial charge on any atom is -0.460 e. The zero-order chi connectivity index (χ0) is 18.3. The van der Waals surface area contributed by atoms with Gasteiger partial charge in [0.15, 0.2) is 0 Å². The summed E-state index contributed by atoms with van der Waals surface area (Å²) >= 11 is 0. The van der Waals surface area contributed by atoms with E-state index in [4.69, 9.17) is 0 Å². The standard InChI is InChI=1S/C11H16O10S2/c1-5-18-10(12)8(3)20-22(14,15)7-23(16,17)21-9(4)11(13)19-6-2/h3-7H2,1-2H3. The zero-order valence-corrected chi connectivity index (χ0v) is 14.1. The third-order valence-corrected chi connectivity index (χ3v) is 4.97. The van der Waals surface area contributed by atoms with E-state index >= 15 is 0 Å². The average molecular weight is 372 g/mol. The van der Waals surface area contributed by atoms with Crippen molar-refractivity contribution in [3.05, 3.63) is 24.7 Å². The number of rotatable bonds is 10. The molecule has 0 fully saturated rings. The summed E-state index contributed by atoms with van der Waals surface area (Å²) in [7, 11) is -9.58. The summed E-state index contributed by atoms with van der Waals surface area (Å²) in [6, 6.07) is 0. The zero-order valence-electron chi connectivity index (χ0n) is 12.4. The maximum absolute atomic E-state index is 11.5. The lowest BCUT2D eigenvalue weighted by molar-refractivity contribution is -0.141. The predicted molar refractivity (Wildman–Crippen MR) is 76.4 cm³/mol. The Balaban J connectivity index is 4.88. The second-order valence-corrected chi connectivity index (χ2v) is 7.19. The van der Waals surface area contributed by atoms with Gasteiger partial charge in [-0.3, -0.25) is 0 Å². The van der Waals surface area contributed by atoms with E-state index < -0.39 is 48.8 Å². The van der Waals surface area contributed by atoms with Gasteiger partial charge in [-0.15, -0.1) is 0 Å². The van der Waals surface area contributed by atoms with E-state index in [2.05, 4.69) is 31.0 Å². The van der Waals surface area contributed by atoms with Crippen LogP contribution < -0.4 is 0 Å². The molecule has 0 aromatic carbocycles. The molecule has 0 unspecified atom stereocenters. The second kappa shape index (κ2) is 8.53. The minimum atomic E-state index is -4.79. The molecule has 0 N–H and O–H groups in total. The van der Waals surface area contributed by atoms with Gasteiger partial charge in [-0.25, -0.2) is 9.59 Å². The average Bonchev–Trinajstić information content (AvgIpc) is 2.36. The fraction of sp³-hybridized carbons (Fsp3) is 0.455. The number of esters is 2. The summed E-state index contributed by atoms with van der Waals surface area (Å²) in [5, 5.41) is -1.68. The van der Waals surface area contributed by atoms with Crippen LogP contribution in [0.3, 0.4) is 0 Å². The number of hydrogen-bond donors (Lipinski definition) is 0. The second-order valence-electron chi connectivity index (χ2n) is 3.69. The van der Waals surface area contributed by atoms with Crippen molar-refractivity contribution in [3.8, 4) is 0 Å². The molecule has 12 heteroatoms. The fourth-order valence-corrected chi connectivity index (χ4v) is 3.57. The Hall–Kier alpha value is -2.08. The topological polar surface area (TPSA) is 139 Å². The van der Waals surface area contributed by atoms with Crippen LogP contribution in [0.25, 0.3) is 0 Å². The Morgan fingerprint density at radius 3 is 1.35 bits per heavy atom. The van der Waals surface area contributed by atoms with Gasteiger partial charge in [-0.1, -0.05) is 0 Å². The lowest BCUT2D eigenvalue weighted by atomic mass is 10.6. The summed E-state index contributed by atoms with van der Waals surface area (Å²) in [6.45, 7) is 8.78. The Morgan fingerprint density at radius 1 is 0.783 bits per heavy atom. The molecular weight excluding hydrogens is 356 g/mol. The van der Waals surface area contributed by atoms with Gasteiger partial charge in [0.25, 0.3) is 0 Å². The van der Waals surface area contributed by atoms with Gasteiger partial charge in [0.1, 0.15) is 0 Å². The molecule has 0 aromatic rings. The highest BCUT2D eigenvalue weighted by molar-refractivity contribution is 8.03. The van der Waals surface area contributed by atoms with Gasteiger partial charge >= 0.3 is 32.2 Å². The molecule has 0 saturated carbocycles. The maximum Gasteiger partial charge on any atom is 0.374 e. The molecule has 23 heavy (non-hydrogen) atoms. The highest BCUT2D eigenvalue weighted by Gasteiger charge is 2.30. The van der Waals surface area contributed by atoms with E-state index in [1.807, 2.05) is 0 Å². The Bertz CT molecular complexity index is 626. The number of hydrogen-bond acceptors (Lipinski definition) is 10. The molecule has 0 aliphatic carbocycles. The minimum absolute atomic E-state index is 0.0674. The molecule has 0 heterocycles. The van der Waals surface area contributed by atoms with Crippen molar-refractivity contribution >= 4 is 32.2 Å². The number of carbonyl (C=O) groups excluding carboxylic acids is 2. The lowest BCUT2D eigenvalue weighted by Crippen LogP contribution is -2.24. The lowest BCUT2D eigenvalue weighted by Gasteiger charge is -2.10.